The van der Waals surface area contributed by atoms with Gasteiger partial charge in [0.1, 0.15) is 12.3 Å². The highest BCUT2D eigenvalue weighted by atomic mass is 19.4. The average Bonchev–Trinajstić information content (AvgIpc) is 3.01. The van der Waals surface area contributed by atoms with E-state index in [2.05, 4.69) is 15.5 Å². The predicted molar refractivity (Wildman–Crippen MR) is 93.5 cm³/mol. The number of hydrazone groups is 1. The second-order valence-corrected chi connectivity index (χ2v) is 5.57. The van der Waals surface area contributed by atoms with E-state index in [1.54, 1.807) is 43.5 Å². The molecule has 1 heterocycles. The van der Waals surface area contributed by atoms with Gasteiger partial charge in [-0.3, -0.25) is 4.79 Å². The summed E-state index contributed by atoms with van der Waals surface area (Å²) in [7, 11) is 1.54. The van der Waals surface area contributed by atoms with E-state index < -0.39 is 24.5 Å². The minimum atomic E-state index is -4.67. The van der Waals surface area contributed by atoms with Crippen molar-refractivity contribution in [3.05, 3.63) is 59.9 Å². The van der Waals surface area contributed by atoms with E-state index in [0.717, 1.165) is 4.57 Å². The van der Waals surface area contributed by atoms with Crippen LogP contribution in [0.5, 0.6) is 5.75 Å². The smallest absolute Gasteiger partial charge is 0.449 e. The summed E-state index contributed by atoms with van der Waals surface area (Å²) >= 11 is 0. The molecule has 0 atom stereocenters. The Hall–Kier alpha value is -3.36. The molecule has 1 amide bonds. The quantitative estimate of drug-likeness (QED) is 0.549. The number of aromatic nitrogens is 2. The third-order valence-corrected chi connectivity index (χ3v) is 3.73. The number of carbonyl (C=O) groups is 1. The molecule has 0 saturated heterocycles. The molecule has 0 bridgehead atoms. The van der Waals surface area contributed by atoms with Crippen molar-refractivity contribution in [2.24, 2.45) is 5.10 Å². The van der Waals surface area contributed by atoms with Crippen LogP contribution in [-0.4, -0.2) is 28.8 Å². The van der Waals surface area contributed by atoms with E-state index in [0.29, 0.717) is 11.3 Å². The van der Waals surface area contributed by atoms with Gasteiger partial charge in [0.2, 0.25) is 5.82 Å². The molecule has 6 nitrogen and oxygen atoms in total. The standard InChI is InChI=1S/C18H15F3N4O2/c1-27-13-8-6-12(7-9-13)10-22-24-16(26)11-25-15-5-3-2-4-14(15)23-17(25)18(19,20)21/h2-10H,11H2,1H3,(H,24,26). The first kappa shape index (κ1) is 18.4. The van der Waals surface area contributed by atoms with Crippen molar-refractivity contribution in [3.63, 3.8) is 0 Å². The van der Waals surface area contributed by atoms with Gasteiger partial charge in [0.05, 0.1) is 24.4 Å². The number of para-hydroxylation sites is 2. The Balaban J connectivity index is 1.74. The number of alkyl halides is 3. The molecule has 3 aromatic rings. The maximum absolute atomic E-state index is 13.2. The van der Waals surface area contributed by atoms with Gasteiger partial charge in [0.25, 0.3) is 5.91 Å². The molecule has 140 valence electrons. The fourth-order valence-electron chi connectivity index (χ4n) is 2.50. The Bertz CT molecular complexity index is 978. The van der Waals surface area contributed by atoms with Crippen LogP contribution in [0.1, 0.15) is 11.4 Å². The molecule has 1 aromatic heterocycles. The van der Waals surface area contributed by atoms with E-state index in [4.69, 9.17) is 4.74 Å². The summed E-state index contributed by atoms with van der Waals surface area (Å²) in [5.41, 5.74) is 3.31. The molecule has 0 aliphatic heterocycles. The SMILES string of the molecule is COc1ccc(C=NNC(=O)Cn2c(C(F)(F)F)nc3ccccc32)cc1. The van der Waals surface area contributed by atoms with Gasteiger partial charge >= 0.3 is 6.18 Å². The van der Waals surface area contributed by atoms with Gasteiger partial charge in [-0.05, 0) is 42.0 Å². The largest absolute Gasteiger partial charge is 0.497 e. The van der Waals surface area contributed by atoms with Crippen molar-refractivity contribution in [2.45, 2.75) is 12.7 Å². The molecule has 0 unspecified atom stereocenters. The average molecular weight is 376 g/mol. The maximum atomic E-state index is 13.2. The Kier molecular flexibility index (Phi) is 5.11. The Morgan fingerprint density at radius 1 is 1.22 bits per heavy atom. The van der Waals surface area contributed by atoms with Gasteiger partial charge in [-0.1, -0.05) is 12.1 Å². The number of methoxy groups -OCH3 is 1. The van der Waals surface area contributed by atoms with Crippen molar-refractivity contribution in [3.8, 4) is 5.75 Å². The molecule has 1 N–H and O–H groups in total. The highest BCUT2D eigenvalue weighted by Crippen LogP contribution is 2.31. The highest BCUT2D eigenvalue weighted by molar-refractivity contribution is 5.84. The van der Waals surface area contributed by atoms with E-state index >= 15 is 0 Å². The topological polar surface area (TPSA) is 68.5 Å². The fourth-order valence-corrected chi connectivity index (χ4v) is 2.50. The van der Waals surface area contributed by atoms with Crippen LogP contribution in [0.15, 0.2) is 53.6 Å². The Morgan fingerprint density at radius 2 is 1.93 bits per heavy atom. The van der Waals surface area contributed by atoms with Gasteiger partial charge in [0, 0.05) is 0 Å². The minimum absolute atomic E-state index is 0.166. The molecule has 0 aliphatic carbocycles. The summed E-state index contributed by atoms with van der Waals surface area (Å²) in [5, 5.41) is 3.77. The number of fused-ring (bicyclic) bond motifs is 1. The van der Waals surface area contributed by atoms with Crippen LogP contribution in [0.25, 0.3) is 11.0 Å². The summed E-state index contributed by atoms with van der Waals surface area (Å²) in [6, 6.07) is 13.0. The Labute approximate surface area is 152 Å². The van der Waals surface area contributed by atoms with E-state index in [-0.39, 0.29) is 11.0 Å². The van der Waals surface area contributed by atoms with E-state index in [1.807, 2.05) is 0 Å². The van der Waals surface area contributed by atoms with Crippen LogP contribution in [-0.2, 0) is 17.5 Å². The molecular formula is C18H15F3N4O2. The molecular weight excluding hydrogens is 361 g/mol. The first-order valence-corrected chi connectivity index (χ1v) is 7.87. The van der Waals surface area contributed by atoms with Crippen molar-refractivity contribution in [1.29, 1.82) is 0 Å². The van der Waals surface area contributed by atoms with Crippen LogP contribution >= 0.6 is 0 Å². The summed E-state index contributed by atoms with van der Waals surface area (Å²) in [5.74, 6) is -1.16. The lowest BCUT2D eigenvalue weighted by Crippen LogP contribution is -2.26. The lowest BCUT2D eigenvalue weighted by atomic mass is 10.2. The van der Waals surface area contributed by atoms with Gasteiger partial charge in [-0.15, -0.1) is 0 Å². The lowest BCUT2D eigenvalue weighted by Gasteiger charge is -2.10. The van der Waals surface area contributed by atoms with E-state index in [1.165, 1.54) is 18.3 Å². The van der Waals surface area contributed by atoms with Gasteiger partial charge in [-0.2, -0.15) is 18.3 Å². The summed E-state index contributed by atoms with van der Waals surface area (Å²) in [6.07, 6.45) is -3.29. The summed E-state index contributed by atoms with van der Waals surface area (Å²) in [4.78, 5) is 15.7. The Morgan fingerprint density at radius 3 is 2.59 bits per heavy atom. The molecule has 0 fully saturated rings. The molecule has 27 heavy (non-hydrogen) atoms. The van der Waals surface area contributed by atoms with Gasteiger partial charge in [-0.25, -0.2) is 10.4 Å². The number of imidazole rings is 1. The number of benzene rings is 2. The number of ether oxygens (including phenoxy) is 1. The highest BCUT2D eigenvalue weighted by Gasteiger charge is 2.37. The first-order valence-electron chi connectivity index (χ1n) is 7.87. The van der Waals surface area contributed by atoms with Crippen molar-refractivity contribution >= 4 is 23.2 Å². The second kappa shape index (κ2) is 7.48. The fraction of sp³-hybridized carbons (Fsp3) is 0.167. The third-order valence-electron chi connectivity index (χ3n) is 3.73. The number of carbonyl (C=O) groups excluding carboxylic acids is 1. The number of nitrogens with zero attached hydrogens (tertiary/aromatic N) is 3. The molecule has 0 saturated carbocycles. The van der Waals surface area contributed by atoms with Crippen molar-refractivity contribution in [1.82, 2.24) is 15.0 Å². The number of nitrogens with one attached hydrogen (secondary N) is 1. The molecule has 9 heteroatoms. The zero-order valence-electron chi connectivity index (χ0n) is 14.2. The van der Waals surface area contributed by atoms with E-state index in [9.17, 15) is 18.0 Å². The number of hydrogen-bond acceptors (Lipinski definition) is 4. The van der Waals surface area contributed by atoms with Crippen LogP contribution in [0, 0.1) is 0 Å². The maximum Gasteiger partial charge on any atom is 0.449 e. The lowest BCUT2D eigenvalue weighted by molar-refractivity contribution is -0.147. The van der Waals surface area contributed by atoms with Crippen molar-refractivity contribution < 1.29 is 22.7 Å². The third kappa shape index (κ3) is 4.25. The predicted octanol–water partition coefficient (Wildman–Crippen LogP) is 3.21. The van der Waals surface area contributed by atoms with Gasteiger partial charge < -0.3 is 9.30 Å². The summed E-state index contributed by atoms with van der Waals surface area (Å²) < 4.78 is 45.5. The normalized spacial score (nSPS) is 11.9. The monoisotopic (exact) mass is 376 g/mol. The van der Waals surface area contributed by atoms with Crippen LogP contribution in [0.4, 0.5) is 13.2 Å². The van der Waals surface area contributed by atoms with Crippen LogP contribution in [0.3, 0.4) is 0 Å². The molecule has 0 radical (unpaired) electrons. The molecule has 2 aromatic carbocycles. The van der Waals surface area contributed by atoms with Crippen molar-refractivity contribution in [2.75, 3.05) is 7.11 Å². The van der Waals surface area contributed by atoms with Crippen LogP contribution in [0.2, 0.25) is 0 Å². The number of halogens is 3. The number of rotatable bonds is 5. The van der Waals surface area contributed by atoms with Crippen LogP contribution < -0.4 is 10.2 Å². The number of hydrogen-bond donors (Lipinski definition) is 1. The summed E-state index contributed by atoms with van der Waals surface area (Å²) in [6.45, 7) is -0.560. The second-order valence-electron chi connectivity index (χ2n) is 5.57. The first-order chi connectivity index (χ1) is 12.9. The molecule has 0 spiro atoms. The molecule has 3 rings (SSSR count). The zero-order valence-corrected chi connectivity index (χ0v) is 14.2. The zero-order chi connectivity index (χ0) is 19.4. The number of amides is 1. The van der Waals surface area contributed by atoms with Gasteiger partial charge in [0.15, 0.2) is 0 Å². The molecule has 0 aliphatic rings. The minimum Gasteiger partial charge on any atom is -0.497 e.